The van der Waals surface area contributed by atoms with Crippen LogP contribution in [0.15, 0.2) is 24.3 Å². The molecule has 1 heterocycles. The van der Waals surface area contributed by atoms with E-state index in [1.807, 2.05) is 0 Å². The standard InChI is InChI=1S/C13H15F3N2O2/c14-13(15,16)10-3-1-9(2-4-10)12(19)18-5-6-20-8-11(18)7-17/h1-4,11H,5-8,17H2. The van der Waals surface area contributed by atoms with Gasteiger partial charge in [-0.3, -0.25) is 4.79 Å². The summed E-state index contributed by atoms with van der Waals surface area (Å²) in [4.78, 5) is 13.8. The molecule has 1 aromatic carbocycles. The summed E-state index contributed by atoms with van der Waals surface area (Å²) in [6.07, 6.45) is -4.40. The van der Waals surface area contributed by atoms with E-state index in [0.717, 1.165) is 12.1 Å². The molecule has 4 nitrogen and oxygen atoms in total. The number of hydrogen-bond donors (Lipinski definition) is 1. The minimum atomic E-state index is -4.40. The Kier molecular flexibility index (Phi) is 4.29. The number of ether oxygens (including phenoxy) is 1. The highest BCUT2D eigenvalue weighted by molar-refractivity contribution is 5.94. The Hall–Kier alpha value is -1.60. The first-order chi connectivity index (χ1) is 9.43. The summed E-state index contributed by atoms with van der Waals surface area (Å²) in [6.45, 7) is 1.40. The maximum Gasteiger partial charge on any atom is 0.416 e. The second-order valence-electron chi connectivity index (χ2n) is 4.54. The van der Waals surface area contributed by atoms with E-state index in [4.69, 9.17) is 10.5 Å². The Morgan fingerprint density at radius 2 is 2.00 bits per heavy atom. The third-order valence-electron chi connectivity index (χ3n) is 3.22. The fourth-order valence-corrected chi connectivity index (χ4v) is 2.09. The Balaban J connectivity index is 2.16. The number of nitrogens with zero attached hydrogens (tertiary/aromatic N) is 1. The van der Waals surface area contributed by atoms with E-state index in [-0.39, 0.29) is 24.1 Å². The van der Waals surface area contributed by atoms with Gasteiger partial charge in [-0.25, -0.2) is 0 Å². The zero-order valence-corrected chi connectivity index (χ0v) is 10.7. The molecular weight excluding hydrogens is 273 g/mol. The second kappa shape index (κ2) is 5.80. The van der Waals surface area contributed by atoms with E-state index < -0.39 is 11.7 Å². The Morgan fingerprint density at radius 1 is 1.35 bits per heavy atom. The number of carbonyl (C=O) groups is 1. The van der Waals surface area contributed by atoms with Gasteiger partial charge >= 0.3 is 6.18 Å². The molecule has 1 amide bonds. The van der Waals surface area contributed by atoms with Crippen LogP contribution in [-0.2, 0) is 10.9 Å². The molecule has 1 atom stereocenters. The summed E-state index contributed by atoms with van der Waals surface area (Å²) in [5.74, 6) is -0.322. The van der Waals surface area contributed by atoms with Gasteiger partial charge in [0.1, 0.15) is 0 Å². The Labute approximate surface area is 114 Å². The molecule has 20 heavy (non-hydrogen) atoms. The predicted octanol–water partition coefficient (Wildman–Crippen LogP) is 1.51. The lowest BCUT2D eigenvalue weighted by Gasteiger charge is -2.35. The number of morpholine rings is 1. The number of nitrogens with two attached hydrogens (primary N) is 1. The molecule has 1 aliphatic heterocycles. The zero-order valence-electron chi connectivity index (χ0n) is 10.7. The van der Waals surface area contributed by atoms with E-state index in [2.05, 4.69) is 0 Å². The molecule has 0 aromatic heterocycles. The molecule has 1 saturated heterocycles. The van der Waals surface area contributed by atoms with Gasteiger partial charge in [0.2, 0.25) is 0 Å². The van der Waals surface area contributed by atoms with Crippen LogP contribution in [0, 0.1) is 0 Å². The summed E-state index contributed by atoms with van der Waals surface area (Å²) in [5, 5.41) is 0. The lowest BCUT2D eigenvalue weighted by atomic mass is 10.1. The van der Waals surface area contributed by atoms with Gasteiger partial charge in [0.15, 0.2) is 0 Å². The normalized spacial score (nSPS) is 20.0. The molecule has 1 unspecified atom stereocenters. The van der Waals surface area contributed by atoms with Gasteiger partial charge in [0.05, 0.1) is 24.8 Å². The number of halogens is 3. The average molecular weight is 288 g/mol. The van der Waals surface area contributed by atoms with Crippen LogP contribution in [0.4, 0.5) is 13.2 Å². The minimum Gasteiger partial charge on any atom is -0.377 e. The third-order valence-corrected chi connectivity index (χ3v) is 3.22. The molecule has 1 aromatic rings. The molecule has 1 fully saturated rings. The molecule has 0 aliphatic carbocycles. The van der Waals surface area contributed by atoms with Crippen molar-refractivity contribution in [2.45, 2.75) is 12.2 Å². The molecule has 0 radical (unpaired) electrons. The molecule has 110 valence electrons. The van der Waals surface area contributed by atoms with E-state index >= 15 is 0 Å². The molecule has 2 N–H and O–H groups in total. The molecular formula is C13H15F3N2O2. The summed E-state index contributed by atoms with van der Waals surface area (Å²) in [7, 11) is 0. The largest absolute Gasteiger partial charge is 0.416 e. The third kappa shape index (κ3) is 3.10. The highest BCUT2D eigenvalue weighted by Gasteiger charge is 2.31. The van der Waals surface area contributed by atoms with Crippen molar-refractivity contribution in [3.63, 3.8) is 0 Å². The van der Waals surface area contributed by atoms with Gasteiger partial charge in [-0.05, 0) is 24.3 Å². The lowest BCUT2D eigenvalue weighted by Crippen LogP contribution is -2.52. The van der Waals surface area contributed by atoms with Crippen molar-refractivity contribution >= 4 is 5.91 Å². The molecule has 7 heteroatoms. The van der Waals surface area contributed by atoms with Crippen molar-refractivity contribution in [1.82, 2.24) is 4.90 Å². The van der Waals surface area contributed by atoms with Gasteiger partial charge < -0.3 is 15.4 Å². The van der Waals surface area contributed by atoms with E-state index in [9.17, 15) is 18.0 Å². The average Bonchev–Trinajstić information content (AvgIpc) is 2.45. The first kappa shape index (κ1) is 14.8. The highest BCUT2D eigenvalue weighted by atomic mass is 19.4. The molecule has 1 aliphatic rings. The van der Waals surface area contributed by atoms with Crippen LogP contribution >= 0.6 is 0 Å². The number of rotatable bonds is 2. The van der Waals surface area contributed by atoms with Crippen molar-refractivity contribution < 1.29 is 22.7 Å². The van der Waals surface area contributed by atoms with E-state index in [1.165, 1.54) is 12.1 Å². The van der Waals surface area contributed by atoms with Gasteiger partial charge in [0.25, 0.3) is 5.91 Å². The van der Waals surface area contributed by atoms with Crippen molar-refractivity contribution in [2.75, 3.05) is 26.3 Å². The lowest BCUT2D eigenvalue weighted by molar-refractivity contribution is -0.137. The maximum absolute atomic E-state index is 12.5. The van der Waals surface area contributed by atoms with Crippen LogP contribution in [0.5, 0.6) is 0 Å². The first-order valence-corrected chi connectivity index (χ1v) is 6.19. The number of benzene rings is 1. The van der Waals surface area contributed by atoms with Crippen molar-refractivity contribution in [3.8, 4) is 0 Å². The number of alkyl halides is 3. The molecule has 2 rings (SSSR count). The van der Waals surface area contributed by atoms with Crippen LogP contribution in [-0.4, -0.2) is 43.2 Å². The highest BCUT2D eigenvalue weighted by Crippen LogP contribution is 2.29. The van der Waals surface area contributed by atoms with Gasteiger partial charge in [-0.15, -0.1) is 0 Å². The summed E-state index contributed by atoms with van der Waals surface area (Å²) in [5.41, 5.74) is 5.02. The fraction of sp³-hybridized carbons (Fsp3) is 0.462. The molecule has 0 bridgehead atoms. The van der Waals surface area contributed by atoms with Crippen molar-refractivity contribution in [2.24, 2.45) is 5.73 Å². The predicted molar refractivity (Wildman–Crippen MR) is 66.1 cm³/mol. The number of carbonyl (C=O) groups excluding carboxylic acids is 1. The second-order valence-corrected chi connectivity index (χ2v) is 4.54. The SMILES string of the molecule is NCC1COCCN1C(=O)c1ccc(C(F)(F)F)cc1. The van der Waals surface area contributed by atoms with Gasteiger partial charge in [0, 0.05) is 18.7 Å². The Bertz CT molecular complexity index is 473. The van der Waals surface area contributed by atoms with Crippen LogP contribution < -0.4 is 5.73 Å². The molecule has 0 spiro atoms. The van der Waals surface area contributed by atoms with Crippen LogP contribution in [0.2, 0.25) is 0 Å². The topological polar surface area (TPSA) is 55.6 Å². The quantitative estimate of drug-likeness (QED) is 0.897. The first-order valence-electron chi connectivity index (χ1n) is 6.19. The molecule has 0 saturated carbocycles. The minimum absolute atomic E-state index is 0.221. The van der Waals surface area contributed by atoms with Crippen molar-refractivity contribution in [1.29, 1.82) is 0 Å². The van der Waals surface area contributed by atoms with Gasteiger partial charge in [-0.1, -0.05) is 0 Å². The van der Waals surface area contributed by atoms with Crippen molar-refractivity contribution in [3.05, 3.63) is 35.4 Å². The van der Waals surface area contributed by atoms with E-state index in [1.54, 1.807) is 4.90 Å². The smallest absolute Gasteiger partial charge is 0.377 e. The maximum atomic E-state index is 12.5. The van der Waals surface area contributed by atoms with Crippen LogP contribution in [0.3, 0.4) is 0 Å². The van der Waals surface area contributed by atoms with Crippen LogP contribution in [0.25, 0.3) is 0 Å². The number of hydrogen-bond acceptors (Lipinski definition) is 3. The number of amides is 1. The summed E-state index contributed by atoms with van der Waals surface area (Å²) in [6, 6.07) is 3.96. The van der Waals surface area contributed by atoms with Crippen LogP contribution in [0.1, 0.15) is 15.9 Å². The van der Waals surface area contributed by atoms with Gasteiger partial charge in [-0.2, -0.15) is 13.2 Å². The zero-order chi connectivity index (χ0) is 14.8. The van der Waals surface area contributed by atoms with E-state index in [0.29, 0.717) is 19.8 Å². The Morgan fingerprint density at radius 3 is 2.55 bits per heavy atom. The fourth-order valence-electron chi connectivity index (χ4n) is 2.09. The summed E-state index contributed by atoms with van der Waals surface area (Å²) < 4.78 is 42.6. The monoisotopic (exact) mass is 288 g/mol. The summed E-state index contributed by atoms with van der Waals surface area (Å²) >= 11 is 0.